The lowest BCUT2D eigenvalue weighted by atomic mass is 10.2. The molecule has 0 bridgehead atoms. The quantitative estimate of drug-likeness (QED) is 0.146. The molecule has 4 heteroatoms. The summed E-state index contributed by atoms with van der Waals surface area (Å²) in [6.07, 6.45) is 30.8. The number of hydrogen-bond acceptors (Lipinski definition) is 3. The molecule has 0 N–H and O–H groups in total. The van der Waals surface area contributed by atoms with Crippen molar-refractivity contribution in [1.82, 2.24) is 0 Å². The molecule has 0 aliphatic rings. The van der Waals surface area contributed by atoms with E-state index in [0.29, 0.717) is 6.42 Å². The molecule has 0 saturated carbocycles. The third kappa shape index (κ3) is 16.6. The molecular formula is C22H32NO3. The smallest absolute Gasteiger partial charge is 0.281 e. The molecule has 0 aliphatic heterocycles. The van der Waals surface area contributed by atoms with Crippen molar-refractivity contribution in [3.63, 3.8) is 0 Å². The average molecular weight is 359 g/mol. The number of nitrogens with zero attached hydrogens (tertiary/aromatic N) is 1. The Morgan fingerprint density at radius 1 is 0.808 bits per heavy atom. The van der Waals surface area contributed by atoms with Crippen LogP contribution in [0.15, 0.2) is 60.8 Å². The van der Waals surface area contributed by atoms with Crippen molar-refractivity contribution in [3.05, 3.63) is 70.9 Å². The molecule has 0 aliphatic carbocycles. The highest BCUT2D eigenvalue weighted by Crippen LogP contribution is 2.01. The van der Waals surface area contributed by atoms with Gasteiger partial charge in [-0.2, -0.15) is 0 Å². The summed E-state index contributed by atoms with van der Waals surface area (Å²) in [4.78, 5) is 20.1. The van der Waals surface area contributed by atoms with Crippen LogP contribution in [0.4, 0.5) is 0 Å². The maximum Gasteiger partial charge on any atom is 0.281 e. The lowest BCUT2D eigenvalue weighted by Gasteiger charge is -1.95. The van der Waals surface area contributed by atoms with Gasteiger partial charge in [0.05, 0.1) is 0 Å². The molecule has 0 fully saturated rings. The van der Waals surface area contributed by atoms with Gasteiger partial charge in [-0.1, -0.05) is 80.5 Å². The molecule has 0 amide bonds. The standard InChI is InChI=1S/C22H32NO3/c1-2-3-4-5-6-7-8-9-10-11-12-13-14-15-16-17-18-19-20-22(21-24)23(25)26/h6-7,9-10,12-13,15-16,18-19,22H,2-5,8,11,14,17,20H2,1H3/b7-6+,10-9+,13-12+,16-15+,19-18+. The normalized spacial score (nSPS) is 13.7. The van der Waals surface area contributed by atoms with Gasteiger partial charge in [-0.05, 0) is 38.5 Å². The van der Waals surface area contributed by atoms with Crippen LogP contribution in [0.1, 0.15) is 64.7 Å². The number of nitro groups is 1. The number of allylic oxidation sites excluding steroid dienone is 9. The van der Waals surface area contributed by atoms with Gasteiger partial charge in [0, 0.05) is 11.3 Å². The first kappa shape index (κ1) is 23.8. The van der Waals surface area contributed by atoms with Crippen LogP contribution >= 0.6 is 0 Å². The second-order valence-electron chi connectivity index (χ2n) is 5.95. The van der Waals surface area contributed by atoms with Gasteiger partial charge in [0.25, 0.3) is 12.3 Å². The van der Waals surface area contributed by atoms with Gasteiger partial charge in [0.2, 0.25) is 0 Å². The van der Waals surface area contributed by atoms with Crippen molar-refractivity contribution in [2.45, 2.75) is 70.8 Å². The second kappa shape index (κ2) is 19.1. The van der Waals surface area contributed by atoms with Gasteiger partial charge in [0.15, 0.2) is 0 Å². The molecule has 0 heterocycles. The molecule has 0 rings (SSSR count). The van der Waals surface area contributed by atoms with Crippen molar-refractivity contribution >= 4 is 6.29 Å². The SMILES string of the molecule is CCCCC/C=C/C/C=C/C/C=C/C/C=C/C/C=C/CC([C]=O)[N+](=O)[O-]. The topological polar surface area (TPSA) is 60.2 Å². The summed E-state index contributed by atoms with van der Waals surface area (Å²) in [7, 11) is 0. The van der Waals surface area contributed by atoms with Crippen molar-refractivity contribution in [3.8, 4) is 0 Å². The van der Waals surface area contributed by atoms with Crippen LogP contribution in [-0.2, 0) is 4.79 Å². The van der Waals surface area contributed by atoms with Gasteiger partial charge >= 0.3 is 0 Å². The molecule has 0 spiro atoms. The largest absolute Gasteiger partial charge is 0.283 e. The van der Waals surface area contributed by atoms with Crippen LogP contribution in [0, 0.1) is 10.1 Å². The molecule has 0 aromatic carbocycles. The molecule has 0 aromatic rings. The highest BCUT2D eigenvalue weighted by Gasteiger charge is 2.17. The van der Waals surface area contributed by atoms with E-state index in [1.54, 1.807) is 6.08 Å². The summed E-state index contributed by atoms with van der Waals surface area (Å²) in [5, 5.41) is 10.4. The molecule has 1 atom stereocenters. The highest BCUT2D eigenvalue weighted by atomic mass is 16.6. The molecule has 26 heavy (non-hydrogen) atoms. The van der Waals surface area contributed by atoms with Crippen LogP contribution in [0.3, 0.4) is 0 Å². The lowest BCUT2D eigenvalue weighted by molar-refractivity contribution is -0.501. The zero-order valence-corrected chi connectivity index (χ0v) is 15.9. The third-order valence-electron chi connectivity index (χ3n) is 3.65. The average Bonchev–Trinajstić information content (AvgIpc) is 2.63. The van der Waals surface area contributed by atoms with E-state index in [2.05, 4.69) is 49.5 Å². The molecule has 1 radical (unpaired) electrons. The summed E-state index contributed by atoms with van der Waals surface area (Å²) in [5.41, 5.74) is 0. The fraction of sp³-hybridized carbons (Fsp3) is 0.500. The Bertz CT molecular complexity index is 502. The van der Waals surface area contributed by atoms with Gasteiger partial charge in [-0.15, -0.1) is 0 Å². The summed E-state index contributed by atoms with van der Waals surface area (Å²) >= 11 is 0. The Labute approximate surface area is 158 Å². The Kier molecular flexibility index (Phi) is 17.5. The third-order valence-corrected chi connectivity index (χ3v) is 3.65. The van der Waals surface area contributed by atoms with E-state index < -0.39 is 11.0 Å². The van der Waals surface area contributed by atoms with Crippen molar-refractivity contribution < 1.29 is 9.72 Å². The van der Waals surface area contributed by atoms with E-state index in [1.807, 2.05) is 12.2 Å². The molecule has 143 valence electrons. The minimum Gasteiger partial charge on any atom is -0.283 e. The Hall–Kier alpha value is -2.23. The molecule has 0 aromatic heterocycles. The second-order valence-corrected chi connectivity index (χ2v) is 5.95. The maximum absolute atomic E-state index is 10.4. The van der Waals surface area contributed by atoms with Crippen LogP contribution in [-0.4, -0.2) is 17.3 Å². The Morgan fingerprint density at radius 3 is 1.69 bits per heavy atom. The van der Waals surface area contributed by atoms with E-state index >= 15 is 0 Å². The summed E-state index contributed by atoms with van der Waals surface area (Å²) < 4.78 is 0. The van der Waals surface area contributed by atoms with Gasteiger partial charge in [-0.25, -0.2) is 0 Å². The van der Waals surface area contributed by atoms with E-state index in [-0.39, 0.29) is 6.42 Å². The van der Waals surface area contributed by atoms with Gasteiger partial charge < -0.3 is 0 Å². The monoisotopic (exact) mass is 358 g/mol. The van der Waals surface area contributed by atoms with Crippen LogP contribution < -0.4 is 0 Å². The maximum atomic E-state index is 10.4. The Balaban J connectivity index is 3.62. The van der Waals surface area contributed by atoms with Crippen LogP contribution in [0.5, 0.6) is 0 Å². The van der Waals surface area contributed by atoms with Gasteiger partial charge in [0.1, 0.15) is 0 Å². The summed E-state index contributed by atoms with van der Waals surface area (Å²) in [5.74, 6) is 0. The first-order valence-electron chi connectivity index (χ1n) is 9.48. The number of rotatable bonds is 16. The predicted octanol–water partition coefficient (Wildman–Crippen LogP) is 6.05. The first-order chi connectivity index (χ1) is 12.7. The predicted molar refractivity (Wildman–Crippen MR) is 109 cm³/mol. The summed E-state index contributed by atoms with van der Waals surface area (Å²) in [6, 6.07) is -1.25. The zero-order chi connectivity index (χ0) is 19.3. The molecule has 4 nitrogen and oxygen atoms in total. The minimum atomic E-state index is -1.25. The number of unbranched alkanes of at least 4 members (excludes halogenated alkanes) is 3. The van der Waals surface area contributed by atoms with Gasteiger partial charge in [-0.3, -0.25) is 14.9 Å². The summed E-state index contributed by atoms with van der Waals surface area (Å²) in [6.45, 7) is 2.22. The van der Waals surface area contributed by atoms with E-state index in [9.17, 15) is 14.9 Å². The van der Waals surface area contributed by atoms with Crippen molar-refractivity contribution in [1.29, 1.82) is 0 Å². The molecule has 0 saturated heterocycles. The highest BCUT2D eigenvalue weighted by molar-refractivity contribution is 5.56. The van der Waals surface area contributed by atoms with Crippen molar-refractivity contribution in [2.75, 3.05) is 0 Å². The van der Waals surface area contributed by atoms with Crippen LogP contribution in [0.2, 0.25) is 0 Å². The first-order valence-corrected chi connectivity index (χ1v) is 9.48. The lowest BCUT2D eigenvalue weighted by Crippen LogP contribution is -2.19. The van der Waals surface area contributed by atoms with E-state index in [1.165, 1.54) is 32.0 Å². The number of carbonyl (C=O) groups excluding carboxylic acids is 1. The number of hydrogen-bond donors (Lipinski definition) is 0. The zero-order valence-electron chi connectivity index (χ0n) is 15.9. The fourth-order valence-electron chi connectivity index (χ4n) is 2.12. The Morgan fingerprint density at radius 2 is 1.27 bits per heavy atom. The van der Waals surface area contributed by atoms with Crippen molar-refractivity contribution in [2.24, 2.45) is 0 Å². The fourth-order valence-corrected chi connectivity index (χ4v) is 2.12. The van der Waals surface area contributed by atoms with E-state index in [0.717, 1.165) is 19.3 Å². The minimum absolute atomic E-state index is 0.102. The molecule has 1 unspecified atom stereocenters. The van der Waals surface area contributed by atoms with Crippen LogP contribution in [0.25, 0.3) is 0 Å². The van der Waals surface area contributed by atoms with E-state index in [4.69, 9.17) is 0 Å². The molecular weight excluding hydrogens is 326 g/mol.